The second-order valence-electron chi connectivity index (χ2n) is 8.38. The Bertz CT molecular complexity index is 1770. The van der Waals surface area contributed by atoms with Crippen molar-refractivity contribution < 1.29 is 18.3 Å². The summed E-state index contributed by atoms with van der Waals surface area (Å²) in [6.07, 6.45) is 10.3. The molecule has 0 saturated carbocycles. The molecule has 39 heavy (non-hydrogen) atoms. The van der Waals surface area contributed by atoms with Gasteiger partial charge in [0.1, 0.15) is 17.4 Å². The van der Waals surface area contributed by atoms with Crippen LogP contribution in [0, 0.1) is 24.0 Å². The second kappa shape index (κ2) is 11.0. The molecule has 0 saturated heterocycles. The number of nitrogens with zero attached hydrogens (tertiary/aromatic N) is 3. The minimum absolute atomic E-state index is 0.00684. The molecular formula is C28H19F2N5O2S2. The van der Waals surface area contributed by atoms with Crippen LogP contribution in [0.3, 0.4) is 0 Å². The highest BCUT2D eigenvalue weighted by atomic mass is 32.1. The Morgan fingerprint density at radius 1 is 1.10 bits per heavy atom. The van der Waals surface area contributed by atoms with Crippen molar-refractivity contribution in [1.82, 2.24) is 19.9 Å². The minimum atomic E-state index is -0.635. The molecule has 0 aliphatic rings. The first-order valence-electron chi connectivity index (χ1n) is 11.5. The lowest BCUT2D eigenvalue weighted by Crippen LogP contribution is -2.35. The lowest BCUT2D eigenvalue weighted by molar-refractivity contribution is -0.119. The Hall–Kier alpha value is -4.66. The van der Waals surface area contributed by atoms with Crippen LogP contribution in [-0.4, -0.2) is 25.6 Å². The number of aromatic nitrogens is 3. The number of thiophene rings is 1. The number of pyridine rings is 1. The summed E-state index contributed by atoms with van der Waals surface area (Å²) >= 11 is 6.61. The number of hydrogen-bond donors (Lipinski definition) is 2. The van der Waals surface area contributed by atoms with E-state index in [0.717, 1.165) is 15.4 Å². The average Bonchev–Trinajstić information content (AvgIpc) is 3.52. The largest absolute Gasteiger partial charge is 0.453 e. The molecule has 0 bridgehead atoms. The molecule has 0 atom stereocenters. The number of imidazole rings is 1. The Kier molecular flexibility index (Phi) is 7.31. The zero-order valence-electron chi connectivity index (χ0n) is 20.4. The van der Waals surface area contributed by atoms with Gasteiger partial charge in [0.15, 0.2) is 16.7 Å². The van der Waals surface area contributed by atoms with Crippen LogP contribution in [0.2, 0.25) is 0 Å². The number of fused-ring (bicyclic) bond motifs is 1. The molecule has 0 radical (unpaired) electrons. The summed E-state index contributed by atoms with van der Waals surface area (Å²) in [5.41, 5.74) is 1.57. The van der Waals surface area contributed by atoms with Crippen molar-refractivity contribution in [2.24, 2.45) is 7.05 Å². The molecule has 1 amide bonds. The number of aryl methyl sites for hydroxylation is 1. The number of nitrogens with one attached hydrogen (secondary N) is 2. The average molecular weight is 560 g/mol. The number of rotatable bonds is 6. The highest BCUT2D eigenvalue weighted by Crippen LogP contribution is 2.39. The maximum atomic E-state index is 14.9. The molecule has 194 valence electrons. The van der Waals surface area contributed by atoms with E-state index in [1.807, 2.05) is 23.9 Å². The molecule has 0 unspecified atom stereocenters. The fourth-order valence-electron chi connectivity index (χ4n) is 3.79. The van der Waals surface area contributed by atoms with E-state index in [1.165, 1.54) is 35.6 Å². The predicted molar refractivity (Wildman–Crippen MR) is 151 cm³/mol. The van der Waals surface area contributed by atoms with Crippen molar-refractivity contribution in [1.29, 1.82) is 0 Å². The van der Waals surface area contributed by atoms with Crippen molar-refractivity contribution in [3.63, 3.8) is 0 Å². The van der Waals surface area contributed by atoms with Crippen LogP contribution in [0.4, 0.5) is 14.5 Å². The van der Waals surface area contributed by atoms with Crippen LogP contribution >= 0.6 is 23.6 Å². The highest BCUT2D eigenvalue weighted by molar-refractivity contribution is 7.80. The molecule has 11 heteroatoms. The summed E-state index contributed by atoms with van der Waals surface area (Å²) in [5, 5.41) is 5.21. The van der Waals surface area contributed by atoms with Crippen LogP contribution in [0.5, 0.6) is 11.5 Å². The molecule has 0 fully saturated rings. The molecular weight excluding hydrogens is 540 g/mol. The van der Waals surface area contributed by atoms with Crippen molar-refractivity contribution >= 4 is 50.5 Å². The summed E-state index contributed by atoms with van der Waals surface area (Å²) in [5.74, 6) is 1.79. The Balaban J connectivity index is 1.24. The number of thiocarbonyl (C=S) groups is 1. The zero-order valence-corrected chi connectivity index (χ0v) is 22.0. The van der Waals surface area contributed by atoms with E-state index >= 15 is 0 Å². The summed E-state index contributed by atoms with van der Waals surface area (Å²) in [6.45, 7) is 0. The number of hydrogen-bond acceptors (Lipinski definition) is 6. The number of benzene rings is 2. The van der Waals surface area contributed by atoms with Gasteiger partial charge in [0.05, 0.1) is 27.1 Å². The van der Waals surface area contributed by atoms with Gasteiger partial charge in [0.2, 0.25) is 5.91 Å². The number of halogens is 2. The number of ether oxygens (including phenoxy) is 1. The van der Waals surface area contributed by atoms with Crippen LogP contribution < -0.4 is 15.4 Å². The number of anilines is 1. The number of carbonyl (C=O) groups excluding carboxylic acids is 1. The molecule has 3 heterocycles. The fraction of sp³-hybridized carbons (Fsp3) is 0.0714. The fourth-order valence-corrected chi connectivity index (χ4v) is 5.13. The Morgan fingerprint density at radius 3 is 2.67 bits per heavy atom. The lowest BCUT2D eigenvalue weighted by Gasteiger charge is -2.12. The summed E-state index contributed by atoms with van der Waals surface area (Å²) in [6, 6.07) is 12.0. The summed E-state index contributed by atoms with van der Waals surface area (Å²) < 4.78 is 37.3. The van der Waals surface area contributed by atoms with E-state index in [4.69, 9.17) is 23.4 Å². The monoisotopic (exact) mass is 559 g/mol. The molecule has 5 rings (SSSR count). The van der Waals surface area contributed by atoms with Gasteiger partial charge in [-0.05, 0) is 48.1 Å². The van der Waals surface area contributed by atoms with Crippen molar-refractivity contribution in [2.45, 2.75) is 6.42 Å². The SMILES string of the molecule is C#Cc1ccc(CC(=O)NC(=S)Nc2ccc(Oc3ccnc4cc(-c5nccn5C)sc34)c(F)c2)cc1F. The summed E-state index contributed by atoms with van der Waals surface area (Å²) in [4.78, 5) is 22.0. The third-order valence-corrected chi connectivity index (χ3v) is 6.97. The van der Waals surface area contributed by atoms with Crippen molar-refractivity contribution in [3.05, 3.63) is 89.9 Å². The van der Waals surface area contributed by atoms with Gasteiger partial charge in [0, 0.05) is 43.5 Å². The van der Waals surface area contributed by atoms with E-state index < -0.39 is 17.5 Å². The van der Waals surface area contributed by atoms with Gasteiger partial charge in [-0.15, -0.1) is 17.8 Å². The molecule has 0 spiro atoms. The van der Waals surface area contributed by atoms with Gasteiger partial charge < -0.3 is 19.9 Å². The predicted octanol–water partition coefficient (Wildman–Crippen LogP) is 5.80. The molecule has 2 N–H and O–H groups in total. The maximum Gasteiger partial charge on any atom is 0.230 e. The van der Waals surface area contributed by atoms with E-state index in [-0.39, 0.29) is 22.8 Å². The van der Waals surface area contributed by atoms with Crippen LogP contribution in [-0.2, 0) is 18.3 Å². The topological polar surface area (TPSA) is 81.1 Å². The first-order chi connectivity index (χ1) is 18.8. The molecule has 5 aromatic rings. The third-order valence-electron chi connectivity index (χ3n) is 5.63. The van der Waals surface area contributed by atoms with Gasteiger partial charge in [-0.25, -0.2) is 13.8 Å². The number of carbonyl (C=O) groups is 1. The van der Waals surface area contributed by atoms with E-state index in [9.17, 15) is 13.6 Å². The van der Waals surface area contributed by atoms with Crippen LogP contribution in [0.15, 0.2) is 67.1 Å². The maximum absolute atomic E-state index is 14.9. The first-order valence-corrected chi connectivity index (χ1v) is 12.7. The highest BCUT2D eigenvalue weighted by Gasteiger charge is 2.15. The minimum Gasteiger partial charge on any atom is -0.453 e. The number of amides is 1. The molecule has 3 aromatic heterocycles. The van der Waals surface area contributed by atoms with Gasteiger partial charge >= 0.3 is 0 Å². The molecule has 2 aromatic carbocycles. The first kappa shape index (κ1) is 26.0. The van der Waals surface area contributed by atoms with Crippen LogP contribution in [0.25, 0.3) is 20.9 Å². The lowest BCUT2D eigenvalue weighted by atomic mass is 10.1. The van der Waals surface area contributed by atoms with Gasteiger partial charge in [-0.3, -0.25) is 9.78 Å². The smallest absolute Gasteiger partial charge is 0.230 e. The standard InChI is InChI=1S/C28H19F2N5O2S2/c1-3-17-5-4-16(12-19(17)29)13-25(36)34-28(38)33-18-6-7-22(20(30)14-18)37-23-8-9-31-21-15-24(39-26(21)23)27-32-10-11-35(27)2/h1,4-12,14-15H,13H2,2H3,(H2,33,34,36,38). The number of terminal acetylenes is 1. The quantitative estimate of drug-likeness (QED) is 0.202. The zero-order chi connectivity index (χ0) is 27.5. The van der Waals surface area contributed by atoms with E-state index in [1.54, 1.807) is 30.6 Å². The van der Waals surface area contributed by atoms with Gasteiger partial charge in [-0.2, -0.15) is 0 Å². The van der Waals surface area contributed by atoms with Gasteiger partial charge in [0.25, 0.3) is 0 Å². The van der Waals surface area contributed by atoms with Crippen LogP contribution in [0.1, 0.15) is 11.1 Å². The molecule has 7 nitrogen and oxygen atoms in total. The van der Waals surface area contributed by atoms with Gasteiger partial charge in [-0.1, -0.05) is 12.0 Å². The van der Waals surface area contributed by atoms with E-state index in [0.29, 0.717) is 22.5 Å². The third kappa shape index (κ3) is 5.77. The second-order valence-corrected chi connectivity index (χ2v) is 9.84. The Labute approximate surface area is 231 Å². The van der Waals surface area contributed by atoms with E-state index in [2.05, 4.69) is 26.5 Å². The normalized spacial score (nSPS) is 10.7. The summed E-state index contributed by atoms with van der Waals surface area (Å²) in [7, 11) is 1.90. The molecule has 0 aliphatic carbocycles. The van der Waals surface area contributed by atoms with Crippen molar-refractivity contribution in [3.8, 4) is 34.5 Å². The Morgan fingerprint density at radius 2 is 1.95 bits per heavy atom. The molecule has 0 aliphatic heterocycles. The van der Waals surface area contributed by atoms with Crippen molar-refractivity contribution in [2.75, 3.05) is 5.32 Å².